The van der Waals surface area contributed by atoms with E-state index in [0.717, 1.165) is 0 Å². The fourth-order valence-corrected chi connectivity index (χ4v) is 2.16. The lowest BCUT2D eigenvalue weighted by molar-refractivity contribution is -0.386. The minimum atomic E-state index is -0.411. The van der Waals surface area contributed by atoms with E-state index in [2.05, 4.69) is 5.10 Å². The maximum Gasteiger partial charge on any atom is 0.312 e. The Hall–Kier alpha value is -2.08. The fraction of sp³-hybridized carbons (Fsp3) is 0.308. The van der Waals surface area contributed by atoms with Crippen LogP contribution in [0.15, 0.2) is 24.3 Å². The van der Waals surface area contributed by atoms with Crippen LogP contribution in [0.25, 0.3) is 0 Å². The molecule has 0 spiro atoms. The lowest BCUT2D eigenvalue weighted by atomic mass is 10.3. The lowest BCUT2D eigenvalue weighted by Gasteiger charge is -2.07. The van der Waals surface area contributed by atoms with Gasteiger partial charge in [0.2, 0.25) is 0 Å². The molecule has 2 aromatic rings. The Bertz CT molecular complexity index is 640. The van der Waals surface area contributed by atoms with E-state index in [1.54, 1.807) is 42.8 Å². The standard InChI is InChI=1S/C13H14ClN3O3/c1-9-13(17(18)19)10(2)16(15-9)6-7-20-12-5-3-4-11(14)8-12/h3-5,8H,6-7H2,1-2H3. The number of rotatable bonds is 5. The van der Waals surface area contributed by atoms with E-state index in [1.165, 1.54) is 0 Å². The predicted molar refractivity (Wildman–Crippen MR) is 75.3 cm³/mol. The molecule has 0 N–H and O–H groups in total. The summed E-state index contributed by atoms with van der Waals surface area (Å²) < 4.78 is 7.12. The van der Waals surface area contributed by atoms with Gasteiger partial charge >= 0.3 is 5.69 Å². The Kier molecular flexibility index (Phi) is 4.24. The third-order valence-corrected chi connectivity index (χ3v) is 3.13. The molecule has 0 fully saturated rings. The first-order valence-electron chi connectivity index (χ1n) is 6.06. The quantitative estimate of drug-likeness (QED) is 0.627. The molecular weight excluding hydrogens is 282 g/mol. The normalized spacial score (nSPS) is 10.6. The van der Waals surface area contributed by atoms with Crippen molar-refractivity contribution in [3.63, 3.8) is 0 Å². The van der Waals surface area contributed by atoms with Gasteiger partial charge < -0.3 is 4.74 Å². The average molecular weight is 296 g/mol. The van der Waals surface area contributed by atoms with Crippen LogP contribution in [0.1, 0.15) is 11.4 Å². The number of benzene rings is 1. The van der Waals surface area contributed by atoms with E-state index in [-0.39, 0.29) is 5.69 Å². The molecule has 106 valence electrons. The molecule has 20 heavy (non-hydrogen) atoms. The van der Waals surface area contributed by atoms with Crippen LogP contribution in [-0.4, -0.2) is 21.3 Å². The van der Waals surface area contributed by atoms with Gasteiger partial charge in [0.15, 0.2) is 0 Å². The highest BCUT2D eigenvalue weighted by molar-refractivity contribution is 6.30. The van der Waals surface area contributed by atoms with Gasteiger partial charge in [-0.3, -0.25) is 14.8 Å². The van der Waals surface area contributed by atoms with Crippen molar-refractivity contribution in [1.82, 2.24) is 9.78 Å². The summed E-state index contributed by atoms with van der Waals surface area (Å²) in [7, 11) is 0. The number of aromatic nitrogens is 2. The van der Waals surface area contributed by atoms with Gasteiger partial charge in [0.25, 0.3) is 0 Å². The van der Waals surface area contributed by atoms with Crippen molar-refractivity contribution in [2.75, 3.05) is 6.61 Å². The van der Waals surface area contributed by atoms with Crippen LogP contribution in [0.2, 0.25) is 5.02 Å². The molecule has 0 atom stereocenters. The molecular formula is C13H14ClN3O3. The Morgan fingerprint density at radius 2 is 2.20 bits per heavy atom. The molecule has 2 rings (SSSR count). The zero-order valence-electron chi connectivity index (χ0n) is 11.2. The van der Waals surface area contributed by atoms with Crippen LogP contribution in [0.5, 0.6) is 5.75 Å². The number of nitrogens with zero attached hydrogens (tertiary/aromatic N) is 3. The number of ether oxygens (including phenoxy) is 1. The van der Waals surface area contributed by atoms with E-state index in [0.29, 0.717) is 35.3 Å². The second-order valence-corrected chi connectivity index (χ2v) is 4.74. The first kappa shape index (κ1) is 14.3. The van der Waals surface area contributed by atoms with Crippen molar-refractivity contribution in [3.05, 3.63) is 50.8 Å². The van der Waals surface area contributed by atoms with E-state index in [4.69, 9.17) is 16.3 Å². The van der Waals surface area contributed by atoms with E-state index in [1.807, 2.05) is 0 Å². The number of hydrogen-bond donors (Lipinski definition) is 0. The van der Waals surface area contributed by atoms with E-state index >= 15 is 0 Å². The number of halogens is 1. The molecule has 0 bridgehead atoms. The minimum absolute atomic E-state index is 0.0627. The van der Waals surface area contributed by atoms with Crippen molar-refractivity contribution in [3.8, 4) is 5.75 Å². The fourth-order valence-electron chi connectivity index (χ4n) is 1.98. The van der Waals surface area contributed by atoms with Gasteiger partial charge in [-0.15, -0.1) is 0 Å². The van der Waals surface area contributed by atoms with Crippen LogP contribution >= 0.6 is 11.6 Å². The van der Waals surface area contributed by atoms with Gasteiger partial charge in [0.05, 0.1) is 11.5 Å². The third-order valence-electron chi connectivity index (χ3n) is 2.89. The molecule has 1 aromatic heterocycles. The monoisotopic (exact) mass is 295 g/mol. The average Bonchev–Trinajstić information content (AvgIpc) is 2.64. The number of nitro groups is 1. The van der Waals surface area contributed by atoms with Crippen LogP contribution in [-0.2, 0) is 6.54 Å². The second kappa shape index (κ2) is 5.92. The molecule has 7 heteroatoms. The van der Waals surface area contributed by atoms with Crippen molar-refractivity contribution in [2.24, 2.45) is 0 Å². The molecule has 0 aliphatic heterocycles. The van der Waals surface area contributed by atoms with Gasteiger partial charge in [0.1, 0.15) is 23.7 Å². The topological polar surface area (TPSA) is 70.2 Å². The lowest BCUT2D eigenvalue weighted by Crippen LogP contribution is -2.11. The van der Waals surface area contributed by atoms with Crippen molar-refractivity contribution >= 4 is 17.3 Å². The smallest absolute Gasteiger partial charge is 0.312 e. The second-order valence-electron chi connectivity index (χ2n) is 4.31. The van der Waals surface area contributed by atoms with Crippen LogP contribution in [0, 0.1) is 24.0 Å². The number of hydrogen-bond acceptors (Lipinski definition) is 4. The molecule has 1 heterocycles. The van der Waals surface area contributed by atoms with Crippen LogP contribution < -0.4 is 4.74 Å². The summed E-state index contributed by atoms with van der Waals surface area (Å²) in [6.45, 7) is 4.10. The highest BCUT2D eigenvalue weighted by Gasteiger charge is 2.21. The summed E-state index contributed by atoms with van der Waals surface area (Å²) in [6.07, 6.45) is 0. The highest BCUT2D eigenvalue weighted by atomic mass is 35.5. The van der Waals surface area contributed by atoms with Gasteiger partial charge in [0, 0.05) is 5.02 Å². The van der Waals surface area contributed by atoms with Crippen LogP contribution in [0.3, 0.4) is 0 Å². The highest BCUT2D eigenvalue weighted by Crippen LogP contribution is 2.22. The zero-order valence-corrected chi connectivity index (χ0v) is 11.9. The summed E-state index contributed by atoms with van der Waals surface area (Å²) in [5, 5.41) is 15.6. The summed E-state index contributed by atoms with van der Waals surface area (Å²) in [4.78, 5) is 10.5. The van der Waals surface area contributed by atoms with Gasteiger partial charge in [-0.05, 0) is 32.0 Å². The molecule has 0 saturated carbocycles. The third kappa shape index (κ3) is 3.08. The maximum absolute atomic E-state index is 10.9. The van der Waals surface area contributed by atoms with Crippen molar-refractivity contribution in [1.29, 1.82) is 0 Å². The van der Waals surface area contributed by atoms with E-state index in [9.17, 15) is 10.1 Å². The molecule has 6 nitrogen and oxygen atoms in total. The van der Waals surface area contributed by atoms with Crippen LogP contribution in [0.4, 0.5) is 5.69 Å². The predicted octanol–water partition coefficient (Wildman–Crippen LogP) is 3.14. The summed E-state index contributed by atoms with van der Waals surface area (Å²) in [6, 6.07) is 7.07. The first-order chi connectivity index (χ1) is 9.49. The molecule has 0 radical (unpaired) electrons. The van der Waals surface area contributed by atoms with Gasteiger partial charge in [-0.1, -0.05) is 17.7 Å². The Morgan fingerprint density at radius 1 is 1.45 bits per heavy atom. The Balaban J connectivity index is 2.01. The molecule has 0 aliphatic carbocycles. The maximum atomic E-state index is 10.9. The molecule has 0 unspecified atom stereocenters. The number of aryl methyl sites for hydroxylation is 1. The Labute approximate surface area is 121 Å². The molecule has 0 amide bonds. The summed E-state index contributed by atoms with van der Waals surface area (Å²) >= 11 is 5.85. The molecule has 0 aliphatic rings. The first-order valence-corrected chi connectivity index (χ1v) is 6.43. The molecule has 0 saturated heterocycles. The van der Waals surface area contributed by atoms with Crippen molar-refractivity contribution in [2.45, 2.75) is 20.4 Å². The summed E-state index contributed by atoms with van der Waals surface area (Å²) in [5.74, 6) is 0.661. The van der Waals surface area contributed by atoms with Crippen molar-refractivity contribution < 1.29 is 9.66 Å². The van der Waals surface area contributed by atoms with E-state index < -0.39 is 4.92 Å². The minimum Gasteiger partial charge on any atom is -0.492 e. The van der Waals surface area contributed by atoms with Gasteiger partial charge in [-0.25, -0.2) is 0 Å². The van der Waals surface area contributed by atoms with Gasteiger partial charge in [-0.2, -0.15) is 5.10 Å². The molecule has 1 aromatic carbocycles. The SMILES string of the molecule is Cc1nn(CCOc2cccc(Cl)c2)c(C)c1[N+](=O)[O-]. The largest absolute Gasteiger partial charge is 0.492 e. The summed E-state index contributed by atoms with van der Waals surface area (Å²) in [5.41, 5.74) is 1.00. The Morgan fingerprint density at radius 3 is 2.80 bits per heavy atom. The zero-order chi connectivity index (χ0) is 14.7.